The molecule has 27 nitrogen and oxygen atoms in total. The Morgan fingerprint density at radius 3 is 1.10 bits per heavy atom. The zero-order chi connectivity index (χ0) is 97.5. The Bertz CT molecular complexity index is 5830. The number of esters is 3. The van der Waals surface area contributed by atoms with Crippen molar-refractivity contribution in [3.63, 3.8) is 0 Å². The lowest BCUT2D eigenvalue weighted by Crippen LogP contribution is -2.69. The monoisotopic (exact) mass is 1870 g/mol. The first kappa shape index (κ1) is 96.5. The van der Waals surface area contributed by atoms with Gasteiger partial charge in [-0.05, 0) is 237 Å². The number of carbonyl (C=O) groups is 10. The van der Waals surface area contributed by atoms with E-state index in [1.807, 2.05) is 32.9 Å². The molecule has 0 bridgehead atoms. The molecule has 2 aliphatic heterocycles. The number of fused-ring (bicyclic) bond motifs is 19. The molecule has 136 heavy (non-hydrogen) atoms. The van der Waals surface area contributed by atoms with Crippen molar-refractivity contribution in [3.05, 3.63) is 256 Å². The Morgan fingerprint density at radius 1 is 0.434 bits per heavy atom. The number of halogens is 3. The number of rotatable bonds is 15. The maximum Gasteiger partial charge on any atom is 0.343 e. The van der Waals surface area contributed by atoms with Crippen LogP contribution in [0.15, 0.2) is 217 Å². The van der Waals surface area contributed by atoms with Crippen LogP contribution in [0.25, 0.3) is 0 Å². The predicted molar refractivity (Wildman–Crippen MR) is 484 cm³/mol. The average molecular weight is 1870 g/mol. The van der Waals surface area contributed by atoms with Gasteiger partial charge >= 0.3 is 17.9 Å². The summed E-state index contributed by atoms with van der Waals surface area (Å²) in [6.45, 7) is 9.80. The van der Waals surface area contributed by atoms with Gasteiger partial charge in [-0.1, -0.05) is 116 Å². The van der Waals surface area contributed by atoms with Gasteiger partial charge < -0.3 is 85.5 Å². The molecule has 0 aromatic heterocycles. The average Bonchev–Trinajstić information content (AvgIpc) is 1.50. The third kappa shape index (κ3) is 14.6. The molecule has 0 amide bonds. The maximum atomic E-state index is 17.5. The summed E-state index contributed by atoms with van der Waals surface area (Å²) in [5.41, 5.74) is -0.551. The number of benzene rings is 6. The Labute approximate surface area is 782 Å². The minimum atomic E-state index is -2.23. The van der Waals surface area contributed by atoms with Gasteiger partial charge in [-0.2, -0.15) is 0 Å². The van der Waals surface area contributed by atoms with Gasteiger partial charge in [0.2, 0.25) is 0 Å². The van der Waals surface area contributed by atoms with E-state index < -0.39 is 206 Å². The number of allylic oxidation sites excluding steroid dienone is 12. The first-order valence-electron chi connectivity index (χ1n) is 46.0. The van der Waals surface area contributed by atoms with Gasteiger partial charge in [0.1, 0.15) is 43.4 Å². The van der Waals surface area contributed by atoms with Gasteiger partial charge in [0.25, 0.3) is 0 Å². The molecule has 26 atom stereocenters. The van der Waals surface area contributed by atoms with Crippen LogP contribution in [0.5, 0.6) is 17.2 Å². The molecule has 0 spiro atoms. The minimum Gasteiger partial charge on any atom is -0.423 e. The van der Waals surface area contributed by atoms with Crippen molar-refractivity contribution in [1.82, 2.24) is 0 Å². The lowest BCUT2D eigenvalue weighted by Gasteiger charge is -2.62. The summed E-state index contributed by atoms with van der Waals surface area (Å²) < 4.78 is 93.8. The predicted octanol–water partition coefficient (Wildman–Crippen LogP) is 12.0. The molecule has 2 saturated heterocycles. The van der Waals surface area contributed by atoms with Crippen molar-refractivity contribution >= 4 is 70.3 Å². The number of ketones is 6. The first-order chi connectivity index (χ1) is 64.4. The van der Waals surface area contributed by atoms with Crippen LogP contribution in [0.4, 0.5) is 24.5 Å². The first-order valence-corrected chi connectivity index (χ1v) is 46.0. The number of aliphatic hydroxyl groups is 8. The summed E-state index contributed by atoms with van der Waals surface area (Å²) in [5, 5.41) is 85.8. The molecule has 12 aliphatic carbocycles. The fourth-order valence-corrected chi connectivity index (χ4v) is 26.9. The van der Waals surface area contributed by atoms with Crippen molar-refractivity contribution in [2.75, 3.05) is 31.3 Å². The van der Waals surface area contributed by atoms with Crippen LogP contribution in [-0.4, -0.2) is 190 Å². The number of hydrogen-bond donors (Lipinski definition) is 10. The molecule has 6 aromatic carbocycles. The van der Waals surface area contributed by atoms with Gasteiger partial charge in [-0.25, -0.2) is 27.6 Å². The third-order valence-electron chi connectivity index (χ3n) is 33.8. The highest BCUT2D eigenvalue weighted by Crippen LogP contribution is 2.76. The maximum absolute atomic E-state index is 17.5. The Morgan fingerprint density at radius 2 is 0.765 bits per heavy atom. The SMILES string of the molecule is C[C@]12C=CC(=O)C=C1CC[C@H]1[C@@H]3C[C@@H](O)[C@](O)(C(=O)CO)[C@@]3(C)C[C@H](O)[C@@]12F.C[C@]12C=CC(=O)C=C1CC[C@H]1[C@@H]3C[C@H]4O[C@@H](c5ccc(C(=O)Oc6cccc(N)c6)cc5)O[C@@]4(C(=O)CO)[C@@]3(C)C[C@H](O)[C@@]12F.C[C@]12C=CC(=O)C=C1CC[C@H]1[C@@H]3C[C@H]4O[C@H](c5ccc(C(=O)Oc6cccc(N)c6)cc5)O[C@@]4(C(=O)CO)[C@@]3(C)C[C@H](O)[C@@]12F.Cc1cccc(OC(=O)c2ccc(C=O)cc2)c1. The molecule has 0 unspecified atom stereocenters. The molecule has 14 aliphatic rings. The molecule has 716 valence electrons. The number of nitrogens with two attached hydrogens (primary N) is 2. The fraction of sp³-hybridized carbons (Fsp3) is 0.453. The topological polar surface area (TPSA) is 449 Å². The van der Waals surface area contributed by atoms with Crippen molar-refractivity contribution in [1.29, 1.82) is 0 Å². The van der Waals surface area contributed by atoms with Crippen LogP contribution in [0, 0.1) is 74.9 Å². The lowest BCUT2D eigenvalue weighted by molar-refractivity contribution is -0.231. The van der Waals surface area contributed by atoms with Gasteiger partial charge in [0, 0.05) is 90.4 Å². The summed E-state index contributed by atoms with van der Waals surface area (Å²) in [6.07, 6.45) is 7.18. The van der Waals surface area contributed by atoms with E-state index in [0.717, 1.165) is 11.8 Å². The number of aldehydes is 1. The Balaban J connectivity index is 0.000000132. The van der Waals surface area contributed by atoms with E-state index in [1.165, 1.54) is 42.5 Å². The molecule has 12 N–H and O–H groups in total. The minimum absolute atomic E-state index is 0.0135. The highest BCUT2D eigenvalue weighted by Gasteiger charge is 2.83. The van der Waals surface area contributed by atoms with Crippen molar-refractivity contribution < 1.29 is 135 Å². The molecule has 20 rings (SSSR count). The number of aliphatic hydroxyl groups excluding tert-OH is 7. The number of Topliss-reactive ketones (excluding diaryl/α,β-unsaturated/α-hetero) is 3. The molecule has 6 aromatic rings. The van der Waals surface area contributed by atoms with Crippen LogP contribution in [0.1, 0.15) is 189 Å². The van der Waals surface area contributed by atoms with Crippen molar-refractivity contribution in [3.8, 4) is 17.2 Å². The van der Waals surface area contributed by atoms with Crippen LogP contribution >= 0.6 is 0 Å². The van der Waals surface area contributed by atoms with E-state index in [9.17, 15) is 88.8 Å². The van der Waals surface area contributed by atoms with Gasteiger partial charge in [0.05, 0.1) is 53.3 Å². The second kappa shape index (κ2) is 35.0. The van der Waals surface area contributed by atoms with E-state index in [0.29, 0.717) is 119 Å². The normalized spacial score (nSPS) is 38.4. The van der Waals surface area contributed by atoms with E-state index >= 15 is 13.2 Å². The smallest absolute Gasteiger partial charge is 0.343 e. The number of hydrogen-bond acceptors (Lipinski definition) is 27. The number of nitrogen functional groups attached to an aromatic ring is 2. The molecule has 0 radical (unpaired) electrons. The van der Waals surface area contributed by atoms with Gasteiger partial charge in [-0.15, -0.1) is 0 Å². The summed E-state index contributed by atoms with van der Waals surface area (Å²) >= 11 is 0. The largest absolute Gasteiger partial charge is 0.423 e. The van der Waals surface area contributed by atoms with Crippen LogP contribution in [0.3, 0.4) is 0 Å². The Hall–Kier alpha value is -11.2. The Kier molecular flexibility index (Phi) is 24.8. The van der Waals surface area contributed by atoms with E-state index in [1.54, 1.807) is 173 Å². The summed E-state index contributed by atoms with van der Waals surface area (Å²) in [7, 11) is 0. The van der Waals surface area contributed by atoms with Crippen LogP contribution in [0.2, 0.25) is 0 Å². The van der Waals surface area contributed by atoms with Crippen LogP contribution < -0.4 is 25.7 Å². The number of ether oxygens (including phenoxy) is 7. The quantitative estimate of drug-likeness (QED) is 0.0197. The second-order valence-electron chi connectivity index (χ2n) is 40.3. The van der Waals surface area contributed by atoms with Crippen molar-refractivity contribution in [2.24, 2.45) is 68.0 Å². The number of alkyl halides is 3. The van der Waals surface area contributed by atoms with E-state index in [-0.39, 0.29) is 54.2 Å². The fourth-order valence-electron chi connectivity index (χ4n) is 26.9. The number of carbonyl (C=O) groups excluding carboxylic acids is 10. The summed E-state index contributed by atoms with van der Waals surface area (Å²) in [5.74, 6) is -6.47. The molecular formula is C106H111F3N2O25. The highest BCUT2D eigenvalue weighted by atomic mass is 19.2. The molecule has 11 fully saturated rings. The van der Waals surface area contributed by atoms with Gasteiger partial charge in [0.15, 0.2) is 81.1 Å². The third-order valence-corrected chi connectivity index (χ3v) is 33.8. The zero-order valence-corrected chi connectivity index (χ0v) is 76.1. The highest BCUT2D eigenvalue weighted by molar-refractivity contribution is 6.03. The summed E-state index contributed by atoms with van der Waals surface area (Å²) in [6, 6.07) is 39.5. The second-order valence-corrected chi connectivity index (χ2v) is 40.3. The van der Waals surface area contributed by atoms with E-state index in [2.05, 4.69) is 0 Å². The number of aryl methyl sites for hydroxylation is 1. The standard InChI is InChI=1S/2C35H36FNO8.C21H27FO6.C15H12O3/c2*1-32-13-12-23(39)14-21(32)10-11-25-26-16-29-35(28(41)18-38,33(26,2)17-27(40)34(25,32)36)45-31(44-29)20-8-6-19(7-9-20)30(42)43-24-5-3-4-22(37)15-24;1-18-6-5-12(24)7-11(18)3-4-13-14-8-15(25)21(28,17(27)10-23)19(14,2)9-16(26)20(13,18)22;1-11-3-2-4-14(9-11)18-15(17)13-7-5-12(10-16)6-8-13/h2*3-9,12-15,25-27,29,31,38,40H,10-11,16-18,37H2,1-2H3;5-7,13-16,23,25-26,28H,3-4,8-10H2,1-2H3;2-10H,1H3/t25-,26-,27-,29+,31+,32-,33-,34-,35+;25-,26-,27-,29+,31-,32-,33-,34-,35+;13-,14-,15+,16-,18-,19-,20-,21-;/m000./s1. The van der Waals surface area contributed by atoms with E-state index in [4.69, 9.17) is 44.6 Å². The lowest BCUT2D eigenvalue weighted by atomic mass is 9.44. The molecule has 30 heteroatoms. The van der Waals surface area contributed by atoms with Crippen LogP contribution in [-0.2, 0) is 47.7 Å². The molecule has 2 heterocycles. The van der Waals surface area contributed by atoms with Gasteiger partial charge in [-0.3, -0.25) is 33.6 Å². The number of anilines is 2. The zero-order valence-electron chi connectivity index (χ0n) is 76.1. The van der Waals surface area contributed by atoms with Crippen molar-refractivity contribution in [2.45, 2.75) is 209 Å². The molecule has 9 saturated carbocycles. The summed E-state index contributed by atoms with van der Waals surface area (Å²) in [4.78, 5) is 124. The molecular weight excluding hydrogens is 1760 g/mol.